The first kappa shape index (κ1) is 22.6. The zero-order valence-corrected chi connectivity index (χ0v) is 19.8. The van der Waals surface area contributed by atoms with E-state index < -0.39 is 23.1 Å². The molecule has 2 saturated carbocycles. The highest BCUT2D eigenvalue weighted by molar-refractivity contribution is 5.83. The molecule has 2 aliphatic heterocycles. The van der Waals surface area contributed by atoms with E-state index >= 15 is 0 Å². The molecule has 4 bridgehead atoms. The van der Waals surface area contributed by atoms with Crippen molar-refractivity contribution in [1.82, 2.24) is 5.32 Å². The summed E-state index contributed by atoms with van der Waals surface area (Å²) in [6.07, 6.45) is 3.61. The van der Waals surface area contributed by atoms with Crippen LogP contribution >= 0.6 is 0 Å². The lowest BCUT2D eigenvalue weighted by atomic mass is 9.55. The molecule has 0 spiro atoms. The second kappa shape index (κ2) is 6.96. The highest BCUT2D eigenvalue weighted by atomic mass is 16.6. The number of carbonyl (C=O) groups is 2. The Hall–Kier alpha value is -1.10. The van der Waals surface area contributed by atoms with Crippen LogP contribution in [0.15, 0.2) is 0 Å². The predicted octanol–water partition coefficient (Wildman–Crippen LogP) is 4.48. The molecule has 0 aromatic rings. The van der Waals surface area contributed by atoms with E-state index in [-0.39, 0.29) is 22.8 Å². The molecule has 4 fully saturated rings. The third kappa shape index (κ3) is 3.62. The number of esters is 2. The summed E-state index contributed by atoms with van der Waals surface area (Å²) in [5, 5.41) is 3.67. The lowest BCUT2D eigenvalue weighted by Gasteiger charge is -2.59. The van der Waals surface area contributed by atoms with Gasteiger partial charge in [-0.1, -0.05) is 41.5 Å². The van der Waals surface area contributed by atoms with Gasteiger partial charge in [-0.3, -0.25) is 4.79 Å². The van der Waals surface area contributed by atoms with Crippen molar-refractivity contribution < 1.29 is 19.1 Å². The molecule has 0 radical (unpaired) electrons. The van der Waals surface area contributed by atoms with Crippen molar-refractivity contribution in [3.63, 3.8) is 0 Å². The summed E-state index contributed by atoms with van der Waals surface area (Å²) in [6, 6.07) is 0.777. The van der Waals surface area contributed by atoms with Gasteiger partial charge in [-0.05, 0) is 63.2 Å². The van der Waals surface area contributed by atoms with Crippen LogP contribution in [0.3, 0.4) is 0 Å². The van der Waals surface area contributed by atoms with E-state index in [4.69, 9.17) is 9.47 Å². The summed E-state index contributed by atoms with van der Waals surface area (Å²) in [5.41, 5.74) is -1.89. The molecule has 166 valence electrons. The predicted molar refractivity (Wildman–Crippen MR) is 113 cm³/mol. The first-order valence-electron chi connectivity index (χ1n) is 11.3. The minimum atomic E-state index is -0.916. The fourth-order valence-electron chi connectivity index (χ4n) is 6.12. The van der Waals surface area contributed by atoms with Crippen molar-refractivity contribution in [3.05, 3.63) is 0 Å². The van der Waals surface area contributed by atoms with Gasteiger partial charge in [0.05, 0.1) is 5.41 Å². The van der Waals surface area contributed by atoms with E-state index in [1.165, 1.54) is 6.42 Å². The first-order chi connectivity index (χ1) is 13.1. The topological polar surface area (TPSA) is 64.6 Å². The maximum atomic E-state index is 13.2. The monoisotopic (exact) mass is 407 g/mol. The molecule has 6 unspecified atom stereocenters. The van der Waals surface area contributed by atoms with Gasteiger partial charge in [-0.25, -0.2) is 4.79 Å². The van der Waals surface area contributed by atoms with Gasteiger partial charge in [0.2, 0.25) is 0 Å². The van der Waals surface area contributed by atoms with Crippen LogP contribution in [-0.2, 0) is 19.1 Å². The van der Waals surface area contributed by atoms with E-state index in [0.717, 1.165) is 25.2 Å². The molecule has 4 rings (SSSR count). The molecule has 2 saturated heterocycles. The van der Waals surface area contributed by atoms with Gasteiger partial charge in [0, 0.05) is 18.0 Å². The van der Waals surface area contributed by atoms with Crippen LogP contribution in [-0.4, -0.2) is 35.7 Å². The Kier molecular flexibility index (Phi) is 5.42. The molecule has 2 aliphatic carbocycles. The van der Waals surface area contributed by atoms with Gasteiger partial charge in [0.1, 0.15) is 5.60 Å². The van der Waals surface area contributed by atoms with Crippen LogP contribution in [0.5, 0.6) is 0 Å². The van der Waals surface area contributed by atoms with Crippen molar-refractivity contribution >= 4 is 11.9 Å². The number of nitrogens with one attached hydrogen (secondary N) is 1. The second-order valence-corrected chi connectivity index (χ2v) is 12.2. The minimum Gasteiger partial charge on any atom is -0.455 e. The molecule has 4 aliphatic rings. The molecule has 0 amide bonds. The van der Waals surface area contributed by atoms with E-state index in [9.17, 15) is 9.59 Å². The van der Waals surface area contributed by atoms with Crippen LogP contribution in [0, 0.1) is 28.1 Å². The highest BCUT2D eigenvalue weighted by Gasteiger charge is 2.58. The van der Waals surface area contributed by atoms with Crippen molar-refractivity contribution in [3.8, 4) is 0 Å². The Morgan fingerprint density at radius 1 is 0.966 bits per heavy atom. The molecule has 0 aromatic heterocycles. The first-order valence-corrected chi connectivity index (χ1v) is 11.3. The third-order valence-electron chi connectivity index (χ3n) is 8.66. The van der Waals surface area contributed by atoms with Crippen molar-refractivity contribution in [2.75, 3.05) is 0 Å². The Morgan fingerprint density at radius 2 is 1.55 bits per heavy atom. The van der Waals surface area contributed by atoms with Crippen LogP contribution in [0.2, 0.25) is 0 Å². The average Bonchev–Trinajstić information content (AvgIpc) is 2.56. The lowest BCUT2D eigenvalue weighted by molar-refractivity contribution is -0.206. The summed E-state index contributed by atoms with van der Waals surface area (Å²) in [7, 11) is 0. The number of hydrogen-bond acceptors (Lipinski definition) is 5. The van der Waals surface area contributed by atoms with Crippen molar-refractivity contribution in [2.24, 2.45) is 28.1 Å². The summed E-state index contributed by atoms with van der Waals surface area (Å²) in [6.45, 7) is 17.9. The molecule has 1 N–H and O–H groups in total. The van der Waals surface area contributed by atoms with Gasteiger partial charge in [0.25, 0.3) is 0 Å². The Morgan fingerprint density at radius 3 is 2.03 bits per heavy atom. The number of carbonyl (C=O) groups excluding carboxylic acids is 2. The summed E-state index contributed by atoms with van der Waals surface area (Å²) in [4.78, 5) is 26.2. The molecular weight excluding hydrogens is 366 g/mol. The largest absolute Gasteiger partial charge is 0.455 e. The van der Waals surface area contributed by atoms with Crippen molar-refractivity contribution in [2.45, 2.75) is 112 Å². The van der Waals surface area contributed by atoms with Gasteiger partial charge in [-0.15, -0.1) is 0 Å². The SMILES string of the molecule is CC(OC(=O)C(C)(C(C)(C)C)C(C)(C)C)C(=O)OC1(C)C2CC3CC(C2)NC1C3. The third-order valence-corrected chi connectivity index (χ3v) is 8.66. The standard InChI is InChI=1S/C24H41NO4/c1-14(28-20(27)24(9,21(2,3)4)22(5,6)7)19(26)29-23(8)16-10-15-11-17(13-16)25-18(23)12-15/h14-18,25H,10-13H2,1-9H3. The molecular formula is C24H41NO4. The van der Waals surface area contributed by atoms with E-state index in [2.05, 4.69) is 12.2 Å². The van der Waals surface area contributed by atoms with Crippen LogP contribution in [0.4, 0.5) is 0 Å². The molecule has 5 heteroatoms. The smallest absolute Gasteiger partial charge is 0.347 e. The molecule has 6 atom stereocenters. The van der Waals surface area contributed by atoms with E-state index in [1.54, 1.807) is 6.92 Å². The van der Waals surface area contributed by atoms with Crippen LogP contribution in [0.1, 0.15) is 88.0 Å². The molecule has 2 heterocycles. The molecule has 5 nitrogen and oxygen atoms in total. The van der Waals surface area contributed by atoms with E-state index in [0.29, 0.717) is 12.0 Å². The number of hydrogen-bond donors (Lipinski definition) is 1. The zero-order valence-electron chi connectivity index (χ0n) is 19.8. The second-order valence-electron chi connectivity index (χ2n) is 12.2. The maximum Gasteiger partial charge on any atom is 0.347 e. The van der Waals surface area contributed by atoms with Gasteiger partial charge in [0.15, 0.2) is 6.10 Å². The maximum absolute atomic E-state index is 13.2. The molecule has 29 heavy (non-hydrogen) atoms. The number of ether oxygens (including phenoxy) is 2. The highest BCUT2D eigenvalue weighted by Crippen LogP contribution is 2.53. The van der Waals surface area contributed by atoms with Crippen molar-refractivity contribution in [1.29, 1.82) is 0 Å². The van der Waals surface area contributed by atoms with Crippen LogP contribution in [0.25, 0.3) is 0 Å². The van der Waals surface area contributed by atoms with Gasteiger partial charge < -0.3 is 14.8 Å². The summed E-state index contributed by atoms with van der Waals surface area (Å²) < 4.78 is 11.8. The van der Waals surface area contributed by atoms with Crippen LogP contribution < -0.4 is 5.32 Å². The average molecular weight is 408 g/mol. The van der Waals surface area contributed by atoms with E-state index in [1.807, 2.05) is 48.5 Å². The lowest BCUT2D eigenvalue weighted by Crippen LogP contribution is -2.70. The summed E-state index contributed by atoms with van der Waals surface area (Å²) >= 11 is 0. The minimum absolute atomic E-state index is 0.208. The quantitative estimate of drug-likeness (QED) is 0.696. The zero-order chi connectivity index (χ0) is 22.0. The van der Waals surface area contributed by atoms with Gasteiger partial charge >= 0.3 is 11.9 Å². The number of piperidine rings is 2. The Labute approximate surface area is 176 Å². The summed E-state index contributed by atoms with van der Waals surface area (Å²) in [5.74, 6) is 0.384. The molecule has 0 aromatic carbocycles. The fourth-order valence-corrected chi connectivity index (χ4v) is 6.12. The Bertz CT molecular complexity index is 627. The normalized spacial score (nSPS) is 35.3. The fraction of sp³-hybridized carbons (Fsp3) is 0.917. The Balaban J connectivity index is 1.70. The number of rotatable bonds is 4. The van der Waals surface area contributed by atoms with Gasteiger partial charge in [-0.2, -0.15) is 0 Å².